The number of nitrogens with zero attached hydrogens (tertiary/aromatic N) is 2. The number of rotatable bonds is 3. The van der Waals surface area contributed by atoms with Crippen molar-refractivity contribution in [2.75, 3.05) is 20.1 Å². The number of carbonyl (C=O) groups excluding carboxylic acids is 1. The van der Waals surface area contributed by atoms with E-state index in [9.17, 15) is 14.9 Å². The smallest absolute Gasteiger partial charge is 0.269 e. The summed E-state index contributed by atoms with van der Waals surface area (Å²) in [6.07, 6.45) is 0.557. The van der Waals surface area contributed by atoms with E-state index >= 15 is 0 Å². The van der Waals surface area contributed by atoms with Crippen LogP contribution in [0.3, 0.4) is 0 Å². The number of hydrogen-bond donors (Lipinski definition) is 1. The minimum absolute atomic E-state index is 0.0683. The first-order valence-corrected chi connectivity index (χ1v) is 5.79. The predicted molar refractivity (Wildman–Crippen MR) is 66.2 cm³/mol. The Morgan fingerprint density at radius 1 is 1.44 bits per heavy atom. The van der Waals surface area contributed by atoms with Crippen molar-refractivity contribution >= 4 is 11.6 Å². The van der Waals surface area contributed by atoms with Crippen LogP contribution in [0.2, 0.25) is 0 Å². The largest absolute Gasteiger partial charge is 0.343 e. The van der Waals surface area contributed by atoms with Gasteiger partial charge in [-0.15, -0.1) is 0 Å². The van der Waals surface area contributed by atoms with E-state index in [4.69, 9.17) is 0 Å². The fourth-order valence-electron chi connectivity index (χ4n) is 2.02. The lowest BCUT2D eigenvalue weighted by Crippen LogP contribution is -2.54. The van der Waals surface area contributed by atoms with Gasteiger partial charge in [0.05, 0.1) is 11.0 Å². The van der Waals surface area contributed by atoms with Crippen molar-refractivity contribution in [3.8, 4) is 0 Å². The first-order chi connectivity index (χ1) is 8.58. The van der Waals surface area contributed by atoms with Crippen molar-refractivity contribution in [2.45, 2.75) is 12.5 Å². The summed E-state index contributed by atoms with van der Waals surface area (Å²) < 4.78 is 0. The van der Waals surface area contributed by atoms with Crippen LogP contribution in [0, 0.1) is 10.1 Å². The second kappa shape index (κ2) is 5.14. The van der Waals surface area contributed by atoms with E-state index in [2.05, 4.69) is 5.32 Å². The number of nitro groups is 1. The molecule has 96 valence electrons. The normalized spacial score (nSPS) is 19.9. The molecular weight excluding hydrogens is 234 g/mol. The Hall–Kier alpha value is -1.95. The highest BCUT2D eigenvalue weighted by molar-refractivity contribution is 5.82. The van der Waals surface area contributed by atoms with Crippen molar-refractivity contribution in [2.24, 2.45) is 0 Å². The van der Waals surface area contributed by atoms with Crippen molar-refractivity contribution in [1.29, 1.82) is 0 Å². The van der Waals surface area contributed by atoms with Crippen molar-refractivity contribution in [1.82, 2.24) is 10.2 Å². The SMILES string of the molecule is CN1CCNC(Cc2ccc([N+](=O)[O-])cc2)C1=O. The minimum Gasteiger partial charge on any atom is -0.343 e. The van der Waals surface area contributed by atoms with Gasteiger partial charge in [-0.05, 0) is 12.0 Å². The molecule has 6 nitrogen and oxygen atoms in total. The van der Waals surface area contributed by atoms with Gasteiger partial charge >= 0.3 is 0 Å². The number of piperazine rings is 1. The molecule has 18 heavy (non-hydrogen) atoms. The molecule has 2 rings (SSSR count). The number of non-ortho nitro benzene ring substituents is 1. The highest BCUT2D eigenvalue weighted by atomic mass is 16.6. The average Bonchev–Trinajstić information content (AvgIpc) is 2.36. The molecule has 1 atom stereocenters. The van der Waals surface area contributed by atoms with Crippen LogP contribution in [0.25, 0.3) is 0 Å². The summed E-state index contributed by atoms with van der Waals surface area (Å²) in [5, 5.41) is 13.7. The molecule has 1 heterocycles. The molecule has 1 aliphatic heterocycles. The zero-order valence-electron chi connectivity index (χ0n) is 10.1. The number of nitrogens with one attached hydrogen (secondary N) is 1. The van der Waals surface area contributed by atoms with Crippen LogP contribution in [0.15, 0.2) is 24.3 Å². The molecule has 0 spiro atoms. The third-order valence-corrected chi connectivity index (χ3v) is 3.10. The Labute approximate surface area is 105 Å². The standard InChI is InChI=1S/C12H15N3O3/c1-14-7-6-13-11(12(14)16)8-9-2-4-10(5-3-9)15(17)18/h2-5,11,13H,6-8H2,1H3. The van der Waals surface area contributed by atoms with Crippen LogP contribution in [0.5, 0.6) is 0 Å². The summed E-state index contributed by atoms with van der Waals surface area (Å²) >= 11 is 0. The molecular formula is C12H15N3O3. The summed E-state index contributed by atoms with van der Waals surface area (Å²) in [4.78, 5) is 23.7. The third kappa shape index (κ3) is 2.65. The fraction of sp³-hybridized carbons (Fsp3) is 0.417. The van der Waals surface area contributed by atoms with E-state index in [0.29, 0.717) is 6.42 Å². The van der Waals surface area contributed by atoms with Crippen LogP contribution >= 0.6 is 0 Å². The van der Waals surface area contributed by atoms with Crippen LogP contribution < -0.4 is 5.32 Å². The van der Waals surface area contributed by atoms with Gasteiger partial charge in [-0.25, -0.2) is 0 Å². The maximum absolute atomic E-state index is 11.9. The first kappa shape index (κ1) is 12.5. The maximum atomic E-state index is 11.9. The van der Waals surface area contributed by atoms with Crippen molar-refractivity contribution in [3.63, 3.8) is 0 Å². The van der Waals surface area contributed by atoms with E-state index in [0.717, 1.165) is 18.7 Å². The highest BCUT2D eigenvalue weighted by Crippen LogP contribution is 2.14. The van der Waals surface area contributed by atoms with Gasteiger partial charge < -0.3 is 10.2 Å². The zero-order chi connectivity index (χ0) is 13.1. The molecule has 1 aliphatic rings. The van der Waals surface area contributed by atoms with Gasteiger partial charge in [0.15, 0.2) is 0 Å². The molecule has 0 radical (unpaired) electrons. The second-order valence-corrected chi connectivity index (χ2v) is 4.39. The predicted octanol–water partition coefficient (Wildman–Crippen LogP) is 0.567. The van der Waals surface area contributed by atoms with Gasteiger partial charge in [0, 0.05) is 32.3 Å². The molecule has 1 saturated heterocycles. The molecule has 1 amide bonds. The van der Waals surface area contributed by atoms with E-state index in [1.54, 1.807) is 24.1 Å². The monoisotopic (exact) mass is 249 g/mol. The molecule has 1 fully saturated rings. The number of nitro benzene ring substituents is 1. The van der Waals surface area contributed by atoms with Gasteiger partial charge in [0.2, 0.25) is 5.91 Å². The zero-order valence-corrected chi connectivity index (χ0v) is 10.1. The van der Waals surface area contributed by atoms with Gasteiger partial charge in [-0.1, -0.05) is 12.1 Å². The number of hydrogen-bond acceptors (Lipinski definition) is 4. The topological polar surface area (TPSA) is 75.5 Å². The molecule has 1 N–H and O–H groups in total. The maximum Gasteiger partial charge on any atom is 0.269 e. The molecule has 0 bridgehead atoms. The Morgan fingerprint density at radius 2 is 2.11 bits per heavy atom. The molecule has 0 saturated carbocycles. The Balaban J connectivity index is 2.04. The molecule has 1 unspecified atom stereocenters. The lowest BCUT2D eigenvalue weighted by atomic mass is 10.0. The van der Waals surface area contributed by atoms with E-state index in [-0.39, 0.29) is 17.6 Å². The minimum atomic E-state index is -0.429. The summed E-state index contributed by atoms with van der Waals surface area (Å²) in [5.41, 5.74) is 0.987. The Morgan fingerprint density at radius 3 is 2.72 bits per heavy atom. The number of amides is 1. The fourth-order valence-corrected chi connectivity index (χ4v) is 2.02. The molecule has 6 heteroatoms. The van der Waals surface area contributed by atoms with E-state index in [1.807, 2.05) is 0 Å². The highest BCUT2D eigenvalue weighted by Gasteiger charge is 2.25. The summed E-state index contributed by atoms with van der Waals surface area (Å²) in [6.45, 7) is 1.50. The second-order valence-electron chi connectivity index (χ2n) is 4.39. The van der Waals surface area contributed by atoms with Gasteiger partial charge in [0.1, 0.15) is 0 Å². The molecule has 0 aliphatic carbocycles. The molecule has 1 aromatic carbocycles. The number of benzene rings is 1. The van der Waals surface area contributed by atoms with Gasteiger partial charge in [-0.2, -0.15) is 0 Å². The lowest BCUT2D eigenvalue weighted by molar-refractivity contribution is -0.384. The van der Waals surface area contributed by atoms with Crippen molar-refractivity contribution in [3.05, 3.63) is 39.9 Å². The number of carbonyl (C=O) groups is 1. The van der Waals surface area contributed by atoms with E-state index < -0.39 is 4.92 Å². The van der Waals surface area contributed by atoms with Crippen LogP contribution in [-0.2, 0) is 11.2 Å². The Bertz CT molecular complexity index is 458. The molecule has 0 aromatic heterocycles. The lowest BCUT2D eigenvalue weighted by Gasteiger charge is -2.30. The van der Waals surface area contributed by atoms with Crippen molar-refractivity contribution < 1.29 is 9.72 Å². The quantitative estimate of drug-likeness (QED) is 0.627. The van der Waals surface area contributed by atoms with Crippen LogP contribution in [0.4, 0.5) is 5.69 Å². The summed E-state index contributed by atoms with van der Waals surface area (Å²) in [7, 11) is 1.78. The Kier molecular flexibility index (Phi) is 3.57. The average molecular weight is 249 g/mol. The third-order valence-electron chi connectivity index (χ3n) is 3.10. The van der Waals surface area contributed by atoms with Gasteiger partial charge in [-0.3, -0.25) is 14.9 Å². The number of likely N-dealkylation sites (N-methyl/N-ethyl adjacent to an activating group) is 1. The summed E-state index contributed by atoms with van der Waals surface area (Å²) in [6, 6.07) is 6.09. The van der Waals surface area contributed by atoms with Crippen LogP contribution in [0.1, 0.15) is 5.56 Å². The van der Waals surface area contributed by atoms with Gasteiger partial charge in [0.25, 0.3) is 5.69 Å². The summed E-state index contributed by atoms with van der Waals surface area (Å²) in [5.74, 6) is 0.0691. The molecule has 1 aromatic rings. The van der Waals surface area contributed by atoms with Crippen LogP contribution in [-0.4, -0.2) is 41.9 Å². The van der Waals surface area contributed by atoms with E-state index in [1.165, 1.54) is 12.1 Å². The first-order valence-electron chi connectivity index (χ1n) is 5.79.